The molecule has 1 N–H and O–H groups in total. The zero-order valence-corrected chi connectivity index (χ0v) is 16.9. The van der Waals surface area contributed by atoms with E-state index in [4.69, 9.17) is 16.3 Å². The fraction of sp³-hybridized carbons (Fsp3) is 0.381. The fourth-order valence-electron chi connectivity index (χ4n) is 3.09. The van der Waals surface area contributed by atoms with Crippen molar-refractivity contribution < 1.29 is 13.9 Å². The molecule has 0 unspecified atom stereocenters. The molecule has 0 radical (unpaired) electrons. The normalized spacial score (nSPS) is 15.5. The lowest BCUT2D eigenvalue weighted by Gasteiger charge is -2.29. The van der Waals surface area contributed by atoms with Crippen LogP contribution in [0.4, 0.5) is 15.8 Å². The average molecular weight is 406 g/mol. The third-order valence-corrected chi connectivity index (χ3v) is 5.37. The van der Waals surface area contributed by atoms with Crippen molar-refractivity contribution in [3.8, 4) is 0 Å². The van der Waals surface area contributed by atoms with Crippen molar-refractivity contribution in [2.24, 2.45) is 0 Å². The molecule has 2 aromatic rings. The van der Waals surface area contributed by atoms with Gasteiger partial charge in [0.1, 0.15) is 5.82 Å². The van der Waals surface area contributed by atoms with E-state index in [0.29, 0.717) is 10.6 Å². The predicted molar refractivity (Wildman–Crippen MR) is 110 cm³/mol. The van der Waals surface area contributed by atoms with Gasteiger partial charge in [0.25, 0.3) is 0 Å². The highest BCUT2D eigenvalue weighted by Crippen LogP contribution is 2.22. The fourth-order valence-corrected chi connectivity index (χ4v) is 3.32. The largest absolute Gasteiger partial charge is 0.378 e. The smallest absolute Gasteiger partial charge is 0.241 e. The van der Waals surface area contributed by atoms with Crippen molar-refractivity contribution in [1.82, 2.24) is 4.90 Å². The molecule has 7 heteroatoms. The van der Waals surface area contributed by atoms with E-state index in [-0.39, 0.29) is 18.3 Å². The summed E-state index contributed by atoms with van der Waals surface area (Å²) in [6.45, 7) is 5.23. The Balaban J connectivity index is 1.58. The lowest BCUT2D eigenvalue weighted by Crippen LogP contribution is -2.39. The lowest BCUT2D eigenvalue weighted by atomic mass is 10.1. The topological polar surface area (TPSA) is 44.8 Å². The Morgan fingerprint density at radius 3 is 2.57 bits per heavy atom. The number of morpholine rings is 1. The summed E-state index contributed by atoms with van der Waals surface area (Å²) in [6, 6.07) is 11.9. The summed E-state index contributed by atoms with van der Waals surface area (Å²) in [4.78, 5) is 16.6. The van der Waals surface area contributed by atoms with Gasteiger partial charge in [-0.25, -0.2) is 4.39 Å². The van der Waals surface area contributed by atoms with Crippen LogP contribution in [0.3, 0.4) is 0 Å². The summed E-state index contributed by atoms with van der Waals surface area (Å²) in [6.07, 6.45) is 0. The van der Waals surface area contributed by atoms with Crippen molar-refractivity contribution in [2.45, 2.75) is 19.5 Å². The standard InChI is InChI=1S/C21H25ClFN3O2/c1-15(25(2)14-18-19(22)4-3-5-20(18)23)21(27)24-16-6-8-17(9-7-16)26-10-12-28-13-11-26/h3-9,15H,10-14H2,1-2H3,(H,24,27)/t15-/m0/s1. The van der Waals surface area contributed by atoms with E-state index in [1.165, 1.54) is 6.07 Å². The first kappa shape index (κ1) is 20.6. The molecule has 1 aliphatic rings. The van der Waals surface area contributed by atoms with Crippen LogP contribution in [0.1, 0.15) is 12.5 Å². The minimum atomic E-state index is -0.449. The number of nitrogens with zero attached hydrogens (tertiary/aromatic N) is 2. The van der Waals surface area contributed by atoms with E-state index in [1.54, 1.807) is 31.0 Å². The Labute approximate surface area is 170 Å². The van der Waals surface area contributed by atoms with Crippen LogP contribution < -0.4 is 10.2 Å². The zero-order valence-electron chi connectivity index (χ0n) is 16.1. The first-order valence-electron chi connectivity index (χ1n) is 9.32. The predicted octanol–water partition coefficient (Wildman–Crippen LogP) is 3.77. The number of hydrogen-bond acceptors (Lipinski definition) is 4. The monoisotopic (exact) mass is 405 g/mol. The van der Waals surface area contributed by atoms with Gasteiger partial charge in [-0.15, -0.1) is 0 Å². The molecule has 2 aromatic carbocycles. The van der Waals surface area contributed by atoms with Gasteiger partial charge in [-0.3, -0.25) is 9.69 Å². The Kier molecular flexibility index (Phi) is 6.88. The van der Waals surface area contributed by atoms with Crippen LogP contribution in [-0.2, 0) is 16.1 Å². The lowest BCUT2D eigenvalue weighted by molar-refractivity contribution is -0.120. The number of hydrogen-bond donors (Lipinski definition) is 1. The summed E-state index contributed by atoms with van der Waals surface area (Å²) in [5.74, 6) is -0.528. The SMILES string of the molecule is C[C@@H](C(=O)Nc1ccc(N2CCOCC2)cc1)N(C)Cc1c(F)cccc1Cl. The molecule has 0 spiro atoms. The van der Waals surface area contributed by atoms with Gasteiger partial charge in [-0.2, -0.15) is 0 Å². The maximum Gasteiger partial charge on any atom is 0.241 e. The number of halogens is 2. The van der Waals surface area contributed by atoms with E-state index in [9.17, 15) is 9.18 Å². The molecule has 150 valence electrons. The van der Waals surface area contributed by atoms with E-state index in [1.807, 2.05) is 24.3 Å². The van der Waals surface area contributed by atoms with Crippen LogP contribution in [0.5, 0.6) is 0 Å². The highest BCUT2D eigenvalue weighted by atomic mass is 35.5. The van der Waals surface area contributed by atoms with Crippen molar-refractivity contribution >= 4 is 28.9 Å². The number of carbonyl (C=O) groups is 1. The van der Waals surface area contributed by atoms with Gasteiger partial charge in [0.15, 0.2) is 0 Å². The number of amides is 1. The minimum Gasteiger partial charge on any atom is -0.378 e. The molecule has 0 aromatic heterocycles. The number of ether oxygens (including phenoxy) is 1. The van der Waals surface area contributed by atoms with Crippen LogP contribution in [0.15, 0.2) is 42.5 Å². The van der Waals surface area contributed by atoms with E-state index < -0.39 is 6.04 Å². The average Bonchev–Trinajstić information content (AvgIpc) is 2.71. The molecule has 1 atom stereocenters. The first-order chi connectivity index (χ1) is 13.5. The molecular weight excluding hydrogens is 381 g/mol. The van der Waals surface area contributed by atoms with E-state index >= 15 is 0 Å². The van der Waals surface area contributed by atoms with Gasteiger partial charge < -0.3 is 15.0 Å². The van der Waals surface area contributed by atoms with Crippen LogP contribution >= 0.6 is 11.6 Å². The Morgan fingerprint density at radius 2 is 1.93 bits per heavy atom. The van der Waals surface area contributed by atoms with Gasteiger partial charge in [0.2, 0.25) is 5.91 Å². The third kappa shape index (κ3) is 5.01. The molecule has 3 rings (SSSR count). The minimum absolute atomic E-state index is 0.158. The Hall–Kier alpha value is -2.15. The summed E-state index contributed by atoms with van der Waals surface area (Å²) < 4.78 is 19.4. The number of nitrogens with one attached hydrogen (secondary N) is 1. The number of likely N-dealkylation sites (N-methyl/N-ethyl adjacent to an activating group) is 1. The Morgan fingerprint density at radius 1 is 1.25 bits per heavy atom. The molecule has 0 aliphatic carbocycles. The molecule has 0 saturated carbocycles. The Bertz CT molecular complexity index is 790. The molecule has 1 aliphatic heterocycles. The number of carbonyl (C=O) groups excluding carboxylic acids is 1. The second kappa shape index (κ2) is 9.37. The van der Waals surface area contributed by atoms with Gasteiger partial charge in [0, 0.05) is 41.6 Å². The van der Waals surface area contributed by atoms with Crippen LogP contribution in [-0.4, -0.2) is 50.2 Å². The maximum absolute atomic E-state index is 14.0. The molecule has 1 heterocycles. The zero-order chi connectivity index (χ0) is 20.1. The summed E-state index contributed by atoms with van der Waals surface area (Å²) in [5.41, 5.74) is 2.23. The second-order valence-corrected chi connectivity index (χ2v) is 7.33. The molecule has 5 nitrogen and oxygen atoms in total. The summed E-state index contributed by atoms with van der Waals surface area (Å²) >= 11 is 6.09. The molecular formula is C21H25ClFN3O2. The van der Waals surface area contributed by atoms with Crippen molar-refractivity contribution in [3.63, 3.8) is 0 Å². The highest BCUT2D eigenvalue weighted by Gasteiger charge is 2.20. The summed E-state index contributed by atoms with van der Waals surface area (Å²) in [7, 11) is 1.77. The highest BCUT2D eigenvalue weighted by molar-refractivity contribution is 6.31. The van der Waals surface area contributed by atoms with E-state index in [2.05, 4.69) is 10.2 Å². The molecule has 1 fully saturated rings. The van der Waals surface area contributed by atoms with Gasteiger partial charge in [-0.05, 0) is 50.4 Å². The van der Waals surface area contributed by atoms with Crippen molar-refractivity contribution in [2.75, 3.05) is 43.6 Å². The third-order valence-electron chi connectivity index (χ3n) is 5.02. The van der Waals surface area contributed by atoms with Gasteiger partial charge >= 0.3 is 0 Å². The molecule has 1 saturated heterocycles. The quantitative estimate of drug-likeness (QED) is 0.794. The van der Waals surface area contributed by atoms with Crippen molar-refractivity contribution in [1.29, 1.82) is 0 Å². The maximum atomic E-state index is 14.0. The first-order valence-corrected chi connectivity index (χ1v) is 9.70. The van der Waals surface area contributed by atoms with Crippen LogP contribution in [0, 0.1) is 5.82 Å². The van der Waals surface area contributed by atoms with Gasteiger partial charge in [-0.1, -0.05) is 17.7 Å². The second-order valence-electron chi connectivity index (χ2n) is 6.93. The van der Waals surface area contributed by atoms with Crippen molar-refractivity contribution in [3.05, 3.63) is 58.9 Å². The molecule has 28 heavy (non-hydrogen) atoms. The number of anilines is 2. The van der Waals surface area contributed by atoms with E-state index in [0.717, 1.165) is 37.7 Å². The van der Waals surface area contributed by atoms with Gasteiger partial charge in [0.05, 0.1) is 19.3 Å². The molecule has 1 amide bonds. The number of benzene rings is 2. The summed E-state index contributed by atoms with van der Waals surface area (Å²) in [5, 5.41) is 3.28. The van der Waals surface area contributed by atoms with Crippen LogP contribution in [0.2, 0.25) is 5.02 Å². The van der Waals surface area contributed by atoms with Crippen LogP contribution in [0.25, 0.3) is 0 Å². The number of rotatable bonds is 6. The molecule has 0 bridgehead atoms.